The number of allylic oxidation sites excluding steroid dienone is 5. The SMILES string of the molecule is Brc1cccc(COC2=CCC/C=C/C=C2)c1. The third-order valence-electron chi connectivity index (χ3n) is 2.48. The second-order valence-corrected chi connectivity index (χ2v) is 4.81. The van der Waals surface area contributed by atoms with Gasteiger partial charge in [-0.25, -0.2) is 0 Å². The van der Waals surface area contributed by atoms with Gasteiger partial charge in [-0.3, -0.25) is 0 Å². The molecule has 1 aliphatic carbocycles. The van der Waals surface area contributed by atoms with Crippen LogP contribution in [0.25, 0.3) is 0 Å². The molecule has 88 valence electrons. The molecule has 0 spiro atoms. The van der Waals surface area contributed by atoms with E-state index >= 15 is 0 Å². The van der Waals surface area contributed by atoms with Crippen molar-refractivity contribution in [2.75, 3.05) is 0 Å². The highest BCUT2D eigenvalue weighted by Crippen LogP contribution is 2.15. The van der Waals surface area contributed by atoms with Crippen molar-refractivity contribution in [2.24, 2.45) is 0 Å². The van der Waals surface area contributed by atoms with Gasteiger partial charge in [0.1, 0.15) is 12.4 Å². The first kappa shape index (κ1) is 12.2. The Morgan fingerprint density at radius 2 is 2.12 bits per heavy atom. The predicted molar refractivity (Wildman–Crippen MR) is 74.5 cm³/mol. The third-order valence-corrected chi connectivity index (χ3v) is 2.97. The Morgan fingerprint density at radius 3 is 3.00 bits per heavy atom. The first-order valence-corrected chi connectivity index (χ1v) is 6.54. The van der Waals surface area contributed by atoms with Crippen molar-refractivity contribution in [2.45, 2.75) is 19.4 Å². The summed E-state index contributed by atoms with van der Waals surface area (Å²) < 4.78 is 6.87. The van der Waals surface area contributed by atoms with E-state index in [-0.39, 0.29) is 0 Å². The number of rotatable bonds is 3. The molecule has 0 amide bonds. The highest BCUT2D eigenvalue weighted by Gasteiger charge is 1.98. The Kier molecular flexibility index (Phi) is 4.63. The molecular weight excluding hydrogens is 276 g/mol. The van der Waals surface area contributed by atoms with Crippen LogP contribution in [0.2, 0.25) is 0 Å². The molecule has 1 aromatic carbocycles. The summed E-state index contributed by atoms with van der Waals surface area (Å²) in [6.45, 7) is 0.610. The van der Waals surface area contributed by atoms with Crippen LogP contribution in [0.3, 0.4) is 0 Å². The third kappa shape index (κ3) is 4.23. The van der Waals surface area contributed by atoms with E-state index < -0.39 is 0 Å². The van der Waals surface area contributed by atoms with Gasteiger partial charge in [0.2, 0.25) is 0 Å². The quantitative estimate of drug-likeness (QED) is 0.780. The Hall–Kier alpha value is -1.28. The molecule has 2 heteroatoms. The summed E-state index contributed by atoms with van der Waals surface area (Å²) in [4.78, 5) is 0. The summed E-state index contributed by atoms with van der Waals surface area (Å²) in [5.41, 5.74) is 1.17. The first-order valence-electron chi connectivity index (χ1n) is 5.75. The van der Waals surface area contributed by atoms with Crippen molar-refractivity contribution < 1.29 is 4.74 Å². The van der Waals surface area contributed by atoms with Gasteiger partial charge in [0.15, 0.2) is 0 Å². The minimum atomic E-state index is 0.610. The molecule has 0 radical (unpaired) electrons. The zero-order valence-electron chi connectivity index (χ0n) is 9.60. The van der Waals surface area contributed by atoms with Crippen molar-refractivity contribution in [3.8, 4) is 0 Å². The van der Waals surface area contributed by atoms with E-state index in [0.29, 0.717) is 6.61 Å². The molecule has 1 nitrogen and oxygen atoms in total. The molecule has 0 bridgehead atoms. The van der Waals surface area contributed by atoms with Crippen LogP contribution < -0.4 is 0 Å². The molecule has 0 heterocycles. The average molecular weight is 291 g/mol. The number of benzene rings is 1. The van der Waals surface area contributed by atoms with Crippen LogP contribution >= 0.6 is 15.9 Å². The van der Waals surface area contributed by atoms with Gasteiger partial charge in [-0.1, -0.05) is 46.3 Å². The fraction of sp³-hybridized carbons (Fsp3) is 0.200. The van der Waals surface area contributed by atoms with Crippen LogP contribution in [0.15, 0.2) is 64.9 Å². The number of ether oxygens (including phenoxy) is 1. The fourth-order valence-electron chi connectivity index (χ4n) is 1.62. The Balaban J connectivity index is 1.95. The number of hydrogen-bond donors (Lipinski definition) is 0. The smallest absolute Gasteiger partial charge is 0.115 e. The first-order chi connectivity index (χ1) is 8.34. The fourth-order valence-corrected chi connectivity index (χ4v) is 2.06. The molecule has 0 aromatic heterocycles. The molecule has 0 saturated heterocycles. The van der Waals surface area contributed by atoms with Crippen molar-refractivity contribution in [3.05, 3.63) is 70.4 Å². The summed E-state index contributed by atoms with van der Waals surface area (Å²) in [6, 6.07) is 8.18. The van der Waals surface area contributed by atoms with Crippen LogP contribution in [0.1, 0.15) is 18.4 Å². The van der Waals surface area contributed by atoms with Gasteiger partial charge in [-0.05, 0) is 42.7 Å². The summed E-state index contributed by atoms with van der Waals surface area (Å²) in [6.07, 6.45) is 12.5. The largest absolute Gasteiger partial charge is 0.489 e. The van der Waals surface area contributed by atoms with Gasteiger partial charge < -0.3 is 4.74 Å². The molecule has 17 heavy (non-hydrogen) atoms. The van der Waals surface area contributed by atoms with E-state index in [0.717, 1.165) is 23.1 Å². The van der Waals surface area contributed by atoms with Crippen molar-refractivity contribution in [1.29, 1.82) is 0 Å². The highest BCUT2D eigenvalue weighted by atomic mass is 79.9. The molecule has 0 N–H and O–H groups in total. The van der Waals surface area contributed by atoms with Gasteiger partial charge >= 0.3 is 0 Å². The maximum absolute atomic E-state index is 5.78. The lowest BCUT2D eigenvalue weighted by molar-refractivity contribution is 0.210. The molecular formula is C15H15BrO. The monoisotopic (exact) mass is 290 g/mol. The maximum atomic E-state index is 5.78. The molecule has 0 aliphatic heterocycles. The zero-order chi connectivity index (χ0) is 11.9. The molecule has 1 aromatic rings. The van der Waals surface area contributed by atoms with Crippen LogP contribution in [-0.4, -0.2) is 0 Å². The van der Waals surface area contributed by atoms with Crippen LogP contribution in [0.4, 0.5) is 0 Å². The average Bonchev–Trinajstić information content (AvgIpc) is 2.27. The van der Waals surface area contributed by atoms with E-state index in [2.05, 4.69) is 46.3 Å². The number of hydrogen-bond acceptors (Lipinski definition) is 1. The Bertz CT molecular complexity index is 458. The maximum Gasteiger partial charge on any atom is 0.115 e. The van der Waals surface area contributed by atoms with Crippen molar-refractivity contribution in [3.63, 3.8) is 0 Å². The lowest BCUT2D eigenvalue weighted by Gasteiger charge is -2.08. The minimum absolute atomic E-state index is 0.610. The van der Waals surface area contributed by atoms with E-state index in [1.54, 1.807) is 0 Å². The van der Waals surface area contributed by atoms with Crippen LogP contribution in [0.5, 0.6) is 0 Å². The van der Waals surface area contributed by atoms with Crippen molar-refractivity contribution >= 4 is 15.9 Å². The Labute approximate surface area is 111 Å². The predicted octanol–water partition coefficient (Wildman–Crippen LogP) is 4.76. The summed E-state index contributed by atoms with van der Waals surface area (Å²) >= 11 is 3.46. The van der Waals surface area contributed by atoms with Gasteiger partial charge in [0.25, 0.3) is 0 Å². The zero-order valence-corrected chi connectivity index (χ0v) is 11.2. The van der Waals surface area contributed by atoms with E-state index in [1.807, 2.05) is 24.3 Å². The summed E-state index contributed by atoms with van der Waals surface area (Å²) in [7, 11) is 0. The lowest BCUT2D eigenvalue weighted by Crippen LogP contribution is -1.92. The van der Waals surface area contributed by atoms with E-state index in [4.69, 9.17) is 4.74 Å². The van der Waals surface area contributed by atoms with Gasteiger partial charge in [-0.2, -0.15) is 0 Å². The van der Waals surface area contributed by atoms with Gasteiger partial charge in [0.05, 0.1) is 0 Å². The van der Waals surface area contributed by atoms with E-state index in [1.165, 1.54) is 5.56 Å². The summed E-state index contributed by atoms with van der Waals surface area (Å²) in [5.74, 6) is 0.953. The molecule has 0 saturated carbocycles. The van der Waals surface area contributed by atoms with Crippen molar-refractivity contribution in [1.82, 2.24) is 0 Å². The van der Waals surface area contributed by atoms with Crippen LogP contribution in [-0.2, 0) is 11.3 Å². The van der Waals surface area contributed by atoms with E-state index in [9.17, 15) is 0 Å². The summed E-state index contributed by atoms with van der Waals surface area (Å²) in [5, 5.41) is 0. The number of halogens is 1. The molecule has 0 unspecified atom stereocenters. The lowest BCUT2D eigenvalue weighted by atomic mass is 10.2. The second kappa shape index (κ2) is 6.45. The van der Waals surface area contributed by atoms with Gasteiger partial charge in [0, 0.05) is 4.47 Å². The molecule has 0 fully saturated rings. The normalized spacial score (nSPS) is 16.9. The van der Waals surface area contributed by atoms with Crippen LogP contribution in [0, 0.1) is 0 Å². The molecule has 1 aliphatic rings. The second-order valence-electron chi connectivity index (χ2n) is 3.89. The highest BCUT2D eigenvalue weighted by molar-refractivity contribution is 9.10. The van der Waals surface area contributed by atoms with Gasteiger partial charge in [-0.15, -0.1) is 0 Å². The molecule has 0 atom stereocenters. The standard InChI is InChI=1S/C15H15BrO/c16-14-8-6-7-13(11-14)12-17-15-9-4-2-1-3-5-10-15/h1-2,4,6-11H,3,5,12H2/b2-1+,9-4?,15-10?. The molecule has 2 rings (SSSR count). The topological polar surface area (TPSA) is 9.23 Å². The minimum Gasteiger partial charge on any atom is -0.489 e. The Morgan fingerprint density at radius 1 is 1.18 bits per heavy atom.